The number of ether oxygens (including phenoxy) is 1. The van der Waals surface area contributed by atoms with Gasteiger partial charge >= 0.3 is 0 Å². The van der Waals surface area contributed by atoms with Crippen molar-refractivity contribution < 1.29 is 4.74 Å². The lowest BCUT2D eigenvalue weighted by Crippen LogP contribution is -2.10. The molecule has 108 valence electrons. The van der Waals surface area contributed by atoms with Crippen LogP contribution < -0.4 is 10.1 Å². The Labute approximate surface area is 132 Å². The Bertz CT molecular complexity index is 665. The Hall–Kier alpha value is -2.06. The minimum atomic E-state index is 0.0858. The highest BCUT2D eigenvalue weighted by Crippen LogP contribution is 2.22. The molecule has 0 atom stereocenters. The fraction of sp³-hybridized carbons (Fsp3) is 0.250. The van der Waals surface area contributed by atoms with Crippen LogP contribution in [0.4, 0.5) is 5.69 Å². The molecule has 1 aromatic heterocycles. The van der Waals surface area contributed by atoms with E-state index in [4.69, 9.17) is 10.00 Å². The quantitative estimate of drug-likeness (QED) is 0.885. The standard InChI is InChI=1S/C16H16BrN3O/c1-11(2)21-16-13(4-3-7-19-16)10-20-14-6-5-12(9-18)15(17)8-14/h3-8,11,20H,10H2,1-2H3. The number of hydrogen-bond donors (Lipinski definition) is 1. The van der Waals surface area contributed by atoms with Crippen LogP contribution in [0.5, 0.6) is 5.88 Å². The third-order valence-corrected chi connectivity index (χ3v) is 3.43. The van der Waals surface area contributed by atoms with Crippen LogP contribution in [0.2, 0.25) is 0 Å². The number of nitrogens with zero attached hydrogens (tertiary/aromatic N) is 2. The van der Waals surface area contributed by atoms with Gasteiger partial charge in [-0.15, -0.1) is 0 Å². The normalized spacial score (nSPS) is 10.2. The first kappa shape index (κ1) is 15.3. The largest absolute Gasteiger partial charge is 0.475 e. The number of nitrogens with one attached hydrogen (secondary N) is 1. The maximum atomic E-state index is 8.91. The number of aromatic nitrogens is 1. The maximum Gasteiger partial charge on any atom is 0.218 e. The number of anilines is 1. The molecule has 0 radical (unpaired) electrons. The second-order valence-electron chi connectivity index (χ2n) is 4.79. The van der Waals surface area contributed by atoms with Gasteiger partial charge in [-0.2, -0.15) is 5.26 Å². The van der Waals surface area contributed by atoms with E-state index in [9.17, 15) is 0 Å². The van der Waals surface area contributed by atoms with E-state index < -0.39 is 0 Å². The van der Waals surface area contributed by atoms with Crippen molar-refractivity contribution in [1.29, 1.82) is 5.26 Å². The first-order chi connectivity index (χ1) is 10.1. The molecule has 0 bridgehead atoms. The highest BCUT2D eigenvalue weighted by atomic mass is 79.9. The maximum absolute atomic E-state index is 8.91. The van der Waals surface area contributed by atoms with Crippen LogP contribution in [0.1, 0.15) is 25.0 Å². The predicted octanol–water partition coefficient (Wildman–Crippen LogP) is 4.12. The van der Waals surface area contributed by atoms with Crippen LogP contribution in [-0.2, 0) is 6.54 Å². The summed E-state index contributed by atoms with van der Waals surface area (Å²) in [6.45, 7) is 4.56. The minimum absolute atomic E-state index is 0.0858. The second-order valence-corrected chi connectivity index (χ2v) is 5.65. The Kier molecular flexibility index (Phi) is 5.18. The molecular formula is C16H16BrN3O. The summed E-state index contributed by atoms with van der Waals surface area (Å²) in [4.78, 5) is 4.26. The van der Waals surface area contributed by atoms with Gasteiger partial charge in [-0.1, -0.05) is 6.07 Å². The van der Waals surface area contributed by atoms with Crippen LogP contribution in [-0.4, -0.2) is 11.1 Å². The Balaban J connectivity index is 2.10. The van der Waals surface area contributed by atoms with Gasteiger partial charge in [-0.3, -0.25) is 0 Å². The number of hydrogen-bond acceptors (Lipinski definition) is 4. The van der Waals surface area contributed by atoms with Gasteiger partial charge in [0.15, 0.2) is 0 Å². The third-order valence-electron chi connectivity index (χ3n) is 2.77. The number of nitriles is 1. The van der Waals surface area contributed by atoms with E-state index in [0.717, 1.165) is 15.7 Å². The highest BCUT2D eigenvalue weighted by molar-refractivity contribution is 9.10. The second kappa shape index (κ2) is 7.09. The Morgan fingerprint density at radius 3 is 2.86 bits per heavy atom. The van der Waals surface area contributed by atoms with Crippen molar-refractivity contribution in [3.05, 3.63) is 52.1 Å². The molecule has 0 amide bonds. The molecule has 0 aliphatic rings. The van der Waals surface area contributed by atoms with Crippen molar-refractivity contribution in [2.75, 3.05) is 5.32 Å². The van der Waals surface area contributed by atoms with Crippen LogP contribution in [0, 0.1) is 11.3 Å². The number of rotatable bonds is 5. The first-order valence-electron chi connectivity index (χ1n) is 6.64. The monoisotopic (exact) mass is 345 g/mol. The summed E-state index contributed by atoms with van der Waals surface area (Å²) in [5, 5.41) is 12.2. The van der Waals surface area contributed by atoms with Gasteiger partial charge < -0.3 is 10.1 Å². The molecule has 0 unspecified atom stereocenters. The molecule has 5 heteroatoms. The molecule has 0 spiro atoms. The average Bonchev–Trinajstić information content (AvgIpc) is 2.46. The molecule has 1 N–H and O–H groups in total. The van der Waals surface area contributed by atoms with E-state index >= 15 is 0 Å². The molecule has 0 saturated heterocycles. The Morgan fingerprint density at radius 2 is 2.19 bits per heavy atom. The molecular weight excluding hydrogens is 330 g/mol. The molecule has 0 aliphatic carbocycles. The molecule has 0 aliphatic heterocycles. The van der Waals surface area contributed by atoms with Gasteiger partial charge in [0.05, 0.1) is 11.7 Å². The molecule has 0 fully saturated rings. The summed E-state index contributed by atoms with van der Waals surface area (Å²) >= 11 is 3.38. The molecule has 0 saturated carbocycles. The van der Waals surface area contributed by atoms with Crippen molar-refractivity contribution in [2.45, 2.75) is 26.5 Å². The summed E-state index contributed by atoms with van der Waals surface area (Å²) in [6.07, 6.45) is 1.81. The molecule has 4 nitrogen and oxygen atoms in total. The van der Waals surface area contributed by atoms with E-state index in [1.165, 1.54) is 0 Å². The fourth-order valence-electron chi connectivity index (χ4n) is 1.80. The first-order valence-corrected chi connectivity index (χ1v) is 7.43. The van der Waals surface area contributed by atoms with Gasteiger partial charge in [0.1, 0.15) is 6.07 Å². The van der Waals surface area contributed by atoms with E-state index in [0.29, 0.717) is 18.0 Å². The number of halogens is 1. The van der Waals surface area contributed by atoms with Crippen LogP contribution in [0.15, 0.2) is 41.0 Å². The van der Waals surface area contributed by atoms with Crippen molar-refractivity contribution in [1.82, 2.24) is 4.98 Å². The summed E-state index contributed by atoms with van der Waals surface area (Å²) in [5.41, 5.74) is 2.54. The zero-order valence-electron chi connectivity index (χ0n) is 11.9. The molecule has 1 heterocycles. The minimum Gasteiger partial charge on any atom is -0.475 e. The fourth-order valence-corrected chi connectivity index (χ4v) is 2.27. The SMILES string of the molecule is CC(C)Oc1ncccc1CNc1ccc(C#N)c(Br)c1. The summed E-state index contributed by atoms with van der Waals surface area (Å²) in [7, 11) is 0. The van der Waals surface area contributed by atoms with Crippen molar-refractivity contribution in [2.24, 2.45) is 0 Å². The van der Waals surface area contributed by atoms with Crippen LogP contribution in [0.25, 0.3) is 0 Å². The van der Waals surface area contributed by atoms with Crippen molar-refractivity contribution >= 4 is 21.6 Å². The van der Waals surface area contributed by atoms with Gasteiger partial charge in [0.25, 0.3) is 0 Å². The molecule has 21 heavy (non-hydrogen) atoms. The van der Waals surface area contributed by atoms with Crippen LogP contribution >= 0.6 is 15.9 Å². The molecule has 2 rings (SSSR count). The van der Waals surface area contributed by atoms with E-state index in [-0.39, 0.29) is 6.10 Å². The topological polar surface area (TPSA) is 57.9 Å². The smallest absolute Gasteiger partial charge is 0.218 e. The van der Waals surface area contributed by atoms with E-state index in [1.54, 1.807) is 12.3 Å². The molecule has 2 aromatic rings. The Morgan fingerprint density at radius 1 is 1.38 bits per heavy atom. The van der Waals surface area contributed by atoms with Gasteiger partial charge in [0.2, 0.25) is 5.88 Å². The third kappa shape index (κ3) is 4.20. The number of benzene rings is 1. The lowest BCUT2D eigenvalue weighted by atomic mass is 10.2. The van der Waals surface area contributed by atoms with Crippen molar-refractivity contribution in [3.8, 4) is 11.9 Å². The van der Waals surface area contributed by atoms with Gasteiger partial charge in [-0.05, 0) is 54.0 Å². The number of pyridine rings is 1. The highest BCUT2D eigenvalue weighted by Gasteiger charge is 2.07. The van der Waals surface area contributed by atoms with Crippen molar-refractivity contribution in [3.63, 3.8) is 0 Å². The summed E-state index contributed by atoms with van der Waals surface area (Å²) < 4.78 is 6.47. The lowest BCUT2D eigenvalue weighted by molar-refractivity contribution is 0.230. The predicted molar refractivity (Wildman–Crippen MR) is 86.2 cm³/mol. The molecule has 1 aromatic carbocycles. The van der Waals surface area contributed by atoms with Crippen LogP contribution in [0.3, 0.4) is 0 Å². The van der Waals surface area contributed by atoms with Gasteiger partial charge in [-0.25, -0.2) is 4.98 Å². The summed E-state index contributed by atoms with van der Waals surface area (Å²) in [5.74, 6) is 0.646. The van der Waals surface area contributed by atoms with Gasteiger partial charge in [0, 0.05) is 28.5 Å². The zero-order chi connectivity index (χ0) is 15.2. The van der Waals surface area contributed by atoms with E-state index in [1.807, 2.05) is 38.1 Å². The summed E-state index contributed by atoms with van der Waals surface area (Å²) in [6, 6.07) is 11.5. The average molecular weight is 346 g/mol. The van der Waals surface area contributed by atoms with E-state index in [2.05, 4.69) is 32.3 Å². The zero-order valence-corrected chi connectivity index (χ0v) is 13.5. The lowest BCUT2D eigenvalue weighted by Gasteiger charge is -2.14.